The topological polar surface area (TPSA) is 106 Å². The van der Waals surface area contributed by atoms with Crippen LogP contribution >= 0.6 is 0 Å². The number of nitrogens with zero attached hydrogens (tertiary/aromatic N) is 1. The monoisotopic (exact) mass is 333 g/mol. The molecule has 22 heavy (non-hydrogen) atoms. The van der Waals surface area contributed by atoms with E-state index in [1.165, 1.54) is 24.0 Å². The molecular weight excluding hydrogens is 306 g/mol. The molecule has 0 aliphatic heterocycles. The van der Waals surface area contributed by atoms with Gasteiger partial charge in [-0.25, -0.2) is 0 Å². The number of hydrogen-bond acceptors (Lipinski definition) is 4. The van der Waals surface area contributed by atoms with Gasteiger partial charge in [-0.05, 0) is 18.9 Å². The molecule has 0 saturated heterocycles. The first-order valence-electron chi connectivity index (χ1n) is 6.78. The number of Topliss-reactive ketones (excluding diaryl/α,β-unsaturated/α-hetero) is 1. The van der Waals surface area contributed by atoms with Crippen molar-refractivity contribution in [2.24, 2.45) is 0 Å². The second-order valence-electron chi connectivity index (χ2n) is 5.03. The molecule has 1 unspecified atom stereocenters. The lowest BCUT2D eigenvalue weighted by atomic mass is 9.99. The van der Waals surface area contributed by atoms with Crippen molar-refractivity contribution in [1.29, 1.82) is 0 Å². The Hall–Kier alpha value is -1.28. The molecule has 0 aromatic rings. The van der Waals surface area contributed by atoms with Crippen LogP contribution in [-0.4, -0.2) is 47.1 Å². The highest BCUT2D eigenvalue weighted by Gasteiger charge is 2.48. The number of carbonyl (C=O) groups excluding carboxylic acids is 1. The standard InChI is InChI=1S/C15H25NO4S.H2O/c1-6-9-15(21(18,19)20,12-14(17)13(4)5)16(10-7-2)11-8-3;/h7-8H,2-4,6,9-12H2,1,5H3,(H,18,19,20);1H2. The van der Waals surface area contributed by atoms with E-state index in [1.807, 2.05) is 0 Å². The maximum absolute atomic E-state index is 12.1. The maximum Gasteiger partial charge on any atom is 0.284 e. The zero-order valence-corrected chi connectivity index (χ0v) is 14.2. The van der Waals surface area contributed by atoms with Gasteiger partial charge in [0, 0.05) is 19.5 Å². The third-order valence-corrected chi connectivity index (χ3v) is 4.88. The van der Waals surface area contributed by atoms with Crippen LogP contribution in [0.5, 0.6) is 0 Å². The Bertz CT molecular complexity index is 502. The van der Waals surface area contributed by atoms with Gasteiger partial charge < -0.3 is 5.48 Å². The van der Waals surface area contributed by atoms with Crippen molar-refractivity contribution in [3.63, 3.8) is 0 Å². The summed E-state index contributed by atoms with van der Waals surface area (Å²) < 4.78 is 33.9. The van der Waals surface area contributed by atoms with E-state index in [0.717, 1.165) is 0 Å². The molecular formula is C15H27NO5S. The van der Waals surface area contributed by atoms with Gasteiger partial charge in [-0.2, -0.15) is 8.42 Å². The zero-order chi connectivity index (χ0) is 16.7. The molecule has 0 amide bonds. The molecule has 7 heteroatoms. The van der Waals surface area contributed by atoms with Crippen molar-refractivity contribution in [1.82, 2.24) is 4.90 Å². The normalized spacial score (nSPS) is 13.8. The molecule has 0 bridgehead atoms. The fourth-order valence-electron chi connectivity index (χ4n) is 2.25. The average molecular weight is 333 g/mol. The van der Waals surface area contributed by atoms with E-state index < -0.39 is 15.0 Å². The minimum Gasteiger partial charge on any atom is -0.412 e. The van der Waals surface area contributed by atoms with Crippen LogP contribution in [0.2, 0.25) is 0 Å². The molecule has 0 saturated carbocycles. The SMILES string of the molecule is C=CCN(CC=C)C(CCC)(CC(=O)C(=C)C)S(=O)(=O)O.O. The predicted octanol–water partition coefficient (Wildman–Crippen LogP) is 1.76. The van der Waals surface area contributed by atoms with E-state index >= 15 is 0 Å². The van der Waals surface area contributed by atoms with Crippen LogP contribution in [0, 0.1) is 0 Å². The van der Waals surface area contributed by atoms with E-state index in [-0.39, 0.29) is 42.8 Å². The molecule has 0 aromatic carbocycles. The van der Waals surface area contributed by atoms with Crippen LogP contribution < -0.4 is 0 Å². The highest BCUT2D eigenvalue weighted by Crippen LogP contribution is 2.32. The second kappa shape index (κ2) is 9.68. The summed E-state index contributed by atoms with van der Waals surface area (Å²) in [6.07, 6.45) is 3.35. The number of ketones is 1. The molecule has 0 aliphatic rings. The van der Waals surface area contributed by atoms with Crippen molar-refractivity contribution in [2.45, 2.75) is 38.0 Å². The van der Waals surface area contributed by atoms with Gasteiger partial charge in [0.05, 0.1) is 0 Å². The molecule has 0 aromatic heterocycles. The number of carbonyl (C=O) groups is 1. The Balaban J connectivity index is 0. The molecule has 0 radical (unpaired) electrons. The van der Waals surface area contributed by atoms with Gasteiger partial charge in [0.25, 0.3) is 10.1 Å². The Morgan fingerprint density at radius 1 is 1.27 bits per heavy atom. The fraction of sp³-hybridized carbons (Fsp3) is 0.533. The van der Waals surface area contributed by atoms with Crippen molar-refractivity contribution in [2.75, 3.05) is 13.1 Å². The van der Waals surface area contributed by atoms with Crippen LogP contribution in [0.15, 0.2) is 37.5 Å². The minimum absolute atomic E-state index is 0. The van der Waals surface area contributed by atoms with E-state index in [9.17, 15) is 17.8 Å². The average Bonchev–Trinajstić information content (AvgIpc) is 2.36. The van der Waals surface area contributed by atoms with Crippen LogP contribution in [0.3, 0.4) is 0 Å². The Morgan fingerprint density at radius 2 is 1.73 bits per heavy atom. The second-order valence-corrected chi connectivity index (χ2v) is 6.74. The van der Waals surface area contributed by atoms with Gasteiger partial charge in [0.2, 0.25) is 0 Å². The van der Waals surface area contributed by atoms with Crippen molar-refractivity contribution >= 4 is 15.9 Å². The maximum atomic E-state index is 12.1. The van der Waals surface area contributed by atoms with Crippen LogP contribution in [0.4, 0.5) is 0 Å². The summed E-state index contributed by atoms with van der Waals surface area (Å²) in [5.74, 6) is -0.390. The third-order valence-electron chi connectivity index (χ3n) is 3.31. The van der Waals surface area contributed by atoms with Gasteiger partial charge in [-0.1, -0.05) is 32.1 Å². The quantitative estimate of drug-likeness (QED) is 0.352. The predicted molar refractivity (Wildman–Crippen MR) is 89.2 cm³/mol. The van der Waals surface area contributed by atoms with Crippen molar-refractivity contribution in [3.05, 3.63) is 37.5 Å². The molecule has 0 heterocycles. The number of hydrogen-bond donors (Lipinski definition) is 1. The summed E-state index contributed by atoms with van der Waals surface area (Å²) in [4.78, 5) is 11.9. The molecule has 0 rings (SSSR count). The first kappa shape index (κ1) is 23.0. The number of rotatable bonds is 11. The Labute approximate surface area is 133 Å². The Morgan fingerprint density at radius 3 is 2.00 bits per heavy atom. The summed E-state index contributed by atoms with van der Waals surface area (Å²) in [6.45, 7) is 14.5. The van der Waals surface area contributed by atoms with Crippen molar-refractivity contribution in [3.8, 4) is 0 Å². The molecule has 0 spiro atoms. The molecule has 6 nitrogen and oxygen atoms in total. The van der Waals surface area contributed by atoms with Gasteiger partial charge in [0.15, 0.2) is 10.7 Å². The van der Waals surface area contributed by atoms with Gasteiger partial charge >= 0.3 is 0 Å². The van der Waals surface area contributed by atoms with Crippen LogP contribution in [-0.2, 0) is 14.9 Å². The lowest BCUT2D eigenvalue weighted by Crippen LogP contribution is -2.55. The van der Waals surface area contributed by atoms with E-state index in [0.29, 0.717) is 6.42 Å². The molecule has 3 N–H and O–H groups in total. The van der Waals surface area contributed by atoms with E-state index in [2.05, 4.69) is 19.7 Å². The van der Waals surface area contributed by atoms with Gasteiger partial charge in [-0.15, -0.1) is 13.2 Å². The summed E-state index contributed by atoms with van der Waals surface area (Å²) in [5, 5.41) is 0. The van der Waals surface area contributed by atoms with Crippen molar-refractivity contribution < 1.29 is 23.2 Å². The fourth-order valence-corrected chi connectivity index (χ4v) is 3.50. The van der Waals surface area contributed by atoms with Crippen LogP contribution in [0.1, 0.15) is 33.1 Å². The highest BCUT2D eigenvalue weighted by atomic mass is 32.2. The summed E-state index contributed by atoms with van der Waals surface area (Å²) in [6, 6.07) is 0. The molecule has 0 aliphatic carbocycles. The first-order chi connectivity index (χ1) is 9.66. The van der Waals surface area contributed by atoms with E-state index in [4.69, 9.17) is 0 Å². The largest absolute Gasteiger partial charge is 0.412 e. The summed E-state index contributed by atoms with van der Waals surface area (Å²) in [5.41, 5.74) is 0.260. The minimum atomic E-state index is -4.49. The molecule has 1 atom stereocenters. The molecule has 128 valence electrons. The zero-order valence-electron chi connectivity index (χ0n) is 13.3. The third kappa shape index (κ3) is 5.49. The Kier molecular flexibility index (Phi) is 10.1. The van der Waals surface area contributed by atoms with E-state index in [1.54, 1.807) is 6.92 Å². The lowest BCUT2D eigenvalue weighted by Gasteiger charge is -2.40. The summed E-state index contributed by atoms with van der Waals surface area (Å²) >= 11 is 0. The number of allylic oxidation sites excluding steroid dienone is 1. The smallest absolute Gasteiger partial charge is 0.284 e. The first-order valence-corrected chi connectivity index (χ1v) is 8.22. The lowest BCUT2D eigenvalue weighted by molar-refractivity contribution is -0.117. The van der Waals surface area contributed by atoms with Gasteiger partial charge in [-0.3, -0.25) is 14.2 Å². The van der Waals surface area contributed by atoms with Gasteiger partial charge in [0.1, 0.15) is 0 Å². The molecule has 0 fully saturated rings. The summed E-state index contributed by atoms with van der Waals surface area (Å²) in [7, 11) is -4.49. The van der Waals surface area contributed by atoms with Crippen LogP contribution in [0.25, 0.3) is 0 Å². The highest BCUT2D eigenvalue weighted by molar-refractivity contribution is 7.87.